The van der Waals surface area contributed by atoms with Crippen molar-refractivity contribution in [3.8, 4) is 11.5 Å². The number of aryl methyl sites for hydroxylation is 1. The van der Waals surface area contributed by atoms with E-state index in [0.29, 0.717) is 28.4 Å². The van der Waals surface area contributed by atoms with Gasteiger partial charge in [-0.3, -0.25) is 9.20 Å². The monoisotopic (exact) mass is 504 g/mol. The highest BCUT2D eigenvalue weighted by atomic mass is 19.4. The van der Waals surface area contributed by atoms with Crippen molar-refractivity contribution < 1.29 is 31.8 Å². The van der Waals surface area contributed by atoms with Crippen molar-refractivity contribution in [2.75, 3.05) is 18.9 Å². The summed E-state index contributed by atoms with van der Waals surface area (Å²) in [7, 11) is 0. The zero-order valence-corrected chi connectivity index (χ0v) is 19.1. The number of nitrogens with zero attached hydrogens (tertiary/aromatic N) is 5. The van der Waals surface area contributed by atoms with Crippen LogP contribution in [0.25, 0.3) is 16.6 Å². The first-order valence-electron chi connectivity index (χ1n) is 11.0. The Morgan fingerprint density at radius 1 is 1.22 bits per heavy atom. The molecular formula is C23H20F4N6O3. The summed E-state index contributed by atoms with van der Waals surface area (Å²) in [4.78, 5) is 27.8. The van der Waals surface area contributed by atoms with Gasteiger partial charge in [-0.2, -0.15) is 0 Å². The molecule has 0 saturated heterocycles. The van der Waals surface area contributed by atoms with E-state index in [2.05, 4.69) is 19.7 Å². The number of hydrogen-bond donors (Lipinski definition) is 1. The highest BCUT2D eigenvalue weighted by Crippen LogP contribution is 2.40. The van der Waals surface area contributed by atoms with Gasteiger partial charge < -0.3 is 20.1 Å². The lowest BCUT2D eigenvalue weighted by atomic mass is 10.00. The van der Waals surface area contributed by atoms with E-state index in [1.54, 1.807) is 30.5 Å². The standard InChI is InChI=1S/C23H20F4N6O3/c1-3-16-20-13(24)6-12(36-23(25,26)27)7-19(20)35-5-4-32(16)22(34)14-8-17-15(9-30-14)31-21(28)18-10-29-11(2)33(17)18/h6-10,16H,3-5H2,1-2H3,(H2,28,31)/t16-/m1/s1. The van der Waals surface area contributed by atoms with Crippen molar-refractivity contribution >= 4 is 28.3 Å². The number of nitrogen functional groups attached to an aromatic ring is 1. The molecule has 1 amide bonds. The predicted octanol–water partition coefficient (Wildman–Crippen LogP) is 4.19. The molecule has 1 aliphatic rings. The van der Waals surface area contributed by atoms with Gasteiger partial charge in [0.2, 0.25) is 0 Å². The zero-order chi connectivity index (χ0) is 25.8. The summed E-state index contributed by atoms with van der Waals surface area (Å²) < 4.78 is 64.2. The molecule has 1 aromatic carbocycles. The summed E-state index contributed by atoms with van der Waals surface area (Å²) in [6.07, 6.45) is -1.72. The SMILES string of the molecule is CC[C@@H]1c2c(F)cc(OC(F)(F)F)cc2OCCN1C(=O)c1cc2c(cn1)nc(N)c1cnc(C)n12. The third kappa shape index (κ3) is 3.99. The summed E-state index contributed by atoms with van der Waals surface area (Å²) in [6, 6.07) is 2.36. The van der Waals surface area contributed by atoms with E-state index >= 15 is 4.39 Å². The van der Waals surface area contributed by atoms with Crippen LogP contribution in [-0.2, 0) is 0 Å². The van der Waals surface area contributed by atoms with E-state index in [1.807, 2.05) is 0 Å². The van der Waals surface area contributed by atoms with Crippen LogP contribution in [0.1, 0.15) is 41.3 Å². The van der Waals surface area contributed by atoms with Crippen LogP contribution >= 0.6 is 0 Å². The van der Waals surface area contributed by atoms with Crippen LogP contribution in [0, 0.1) is 12.7 Å². The third-order valence-corrected chi connectivity index (χ3v) is 6.01. The number of amides is 1. The summed E-state index contributed by atoms with van der Waals surface area (Å²) in [5, 5.41) is 0. The number of alkyl halides is 3. The topological polar surface area (TPSA) is 108 Å². The molecule has 4 aromatic rings. The minimum atomic E-state index is -4.99. The number of halogens is 4. The van der Waals surface area contributed by atoms with Crippen molar-refractivity contribution in [1.29, 1.82) is 0 Å². The van der Waals surface area contributed by atoms with Crippen molar-refractivity contribution in [2.24, 2.45) is 0 Å². The van der Waals surface area contributed by atoms with Crippen molar-refractivity contribution in [1.82, 2.24) is 24.3 Å². The molecule has 36 heavy (non-hydrogen) atoms. The van der Waals surface area contributed by atoms with E-state index in [0.717, 1.165) is 6.07 Å². The first kappa shape index (κ1) is 23.6. The summed E-state index contributed by atoms with van der Waals surface area (Å²) in [5.41, 5.74) is 7.65. The normalized spacial score (nSPS) is 16.1. The Morgan fingerprint density at radius 2 is 2.00 bits per heavy atom. The Morgan fingerprint density at radius 3 is 2.72 bits per heavy atom. The molecule has 13 heteroatoms. The quantitative estimate of drug-likeness (QED) is 0.417. The number of rotatable bonds is 3. The van der Waals surface area contributed by atoms with Crippen LogP contribution in [0.3, 0.4) is 0 Å². The lowest BCUT2D eigenvalue weighted by Crippen LogP contribution is -2.37. The lowest BCUT2D eigenvalue weighted by molar-refractivity contribution is -0.274. The van der Waals surface area contributed by atoms with Gasteiger partial charge in [-0.05, 0) is 19.4 Å². The molecule has 0 aliphatic carbocycles. The molecule has 9 nitrogen and oxygen atoms in total. The highest BCUT2D eigenvalue weighted by molar-refractivity contribution is 5.96. The number of hydrogen-bond acceptors (Lipinski definition) is 7. The molecule has 0 radical (unpaired) electrons. The number of anilines is 1. The van der Waals surface area contributed by atoms with E-state index < -0.39 is 29.9 Å². The van der Waals surface area contributed by atoms with Crippen molar-refractivity contribution in [3.63, 3.8) is 0 Å². The maximum atomic E-state index is 15.1. The molecule has 1 atom stereocenters. The molecule has 0 fully saturated rings. The number of nitrogens with two attached hydrogens (primary N) is 1. The highest BCUT2D eigenvalue weighted by Gasteiger charge is 2.36. The number of carbonyl (C=O) groups is 1. The zero-order valence-electron chi connectivity index (χ0n) is 19.1. The number of benzene rings is 1. The van der Waals surface area contributed by atoms with E-state index in [4.69, 9.17) is 10.5 Å². The molecule has 0 saturated carbocycles. The molecular weight excluding hydrogens is 484 g/mol. The molecule has 2 N–H and O–H groups in total. The van der Waals surface area contributed by atoms with Gasteiger partial charge in [0.25, 0.3) is 5.91 Å². The maximum Gasteiger partial charge on any atom is 0.573 e. The predicted molar refractivity (Wildman–Crippen MR) is 120 cm³/mol. The Kier molecular flexibility index (Phi) is 5.57. The lowest BCUT2D eigenvalue weighted by Gasteiger charge is -2.29. The van der Waals surface area contributed by atoms with Crippen LogP contribution in [0.15, 0.2) is 30.6 Å². The Balaban J connectivity index is 1.56. The largest absolute Gasteiger partial charge is 0.573 e. The first-order valence-corrected chi connectivity index (χ1v) is 11.0. The fraction of sp³-hybridized carbons (Fsp3) is 0.304. The van der Waals surface area contributed by atoms with Crippen LogP contribution in [0.5, 0.6) is 11.5 Å². The van der Waals surface area contributed by atoms with Crippen molar-refractivity contribution in [3.05, 3.63) is 53.5 Å². The third-order valence-electron chi connectivity index (χ3n) is 6.01. The summed E-state index contributed by atoms with van der Waals surface area (Å²) in [5.74, 6) is -1.43. The number of aromatic nitrogens is 4. The smallest absolute Gasteiger partial charge is 0.491 e. The minimum absolute atomic E-state index is 0.0269. The molecule has 5 rings (SSSR count). The summed E-state index contributed by atoms with van der Waals surface area (Å²) >= 11 is 0. The van der Waals surface area contributed by atoms with Crippen LogP contribution in [0.4, 0.5) is 23.4 Å². The molecule has 0 bridgehead atoms. The van der Waals surface area contributed by atoms with Crippen LogP contribution in [0.2, 0.25) is 0 Å². The second-order valence-corrected chi connectivity index (χ2v) is 8.22. The van der Waals surface area contributed by atoms with Gasteiger partial charge in [-0.25, -0.2) is 19.3 Å². The number of pyridine rings is 1. The van der Waals surface area contributed by atoms with Gasteiger partial charge in [0.1, 0.15) is 52.3 Å². The molecule has 3 aromatic heterocycles. The Bertz CT molecular complexity index is 1500. The average Bonchev–Trinajstić information content (AvgIpc) is 3.10. The Labute approximate surface area is 201 Å². The Hall–Kier alpha value is -4.16. The molecule has 0 unspecified atom stereocenters. The fourth-order valence-electron chi connectivity index (χ4n) is 4.52. The van der Waals surface area contributed by atoms with E-state index in [-0.39, 0.29) is 42.4 Å². The van der Waals surface area contributed by atoms with Gasteiger partial charge in [0.15, 0.2) is 0 Å². The fourth-order valence-corrected chi connectivity index (χ4v) is 4.52. The minimum Gasteiger partial charge on any atom is -0.491 e. The average molecular weight is 504 g/mol. The van der Waals surface area contributed by atoms with Gasteiger partial charge in [-0.15, -0.1) is 13.2 Å². The number of ether oxygens (including phenoxy) is 2. The maximum absolute atomic E-state index is 15.1. The second-order valence-electron chi connectivity index (χ2n) is 8.22. The second kappa shape index (κ2) is 8.50. The van der Waals surface area contributed by atoms with Crippen LogP contribution in [-0.4, -0.2) is 49.7 Å². The molecule has 4 heterocycles. The van der Waals surface area contributed by atoms with Gasteiger partial charge >= 0.3 is 6.36 Å². The molecule has 188 valence electrons. The van der Waals surface area contributed by atoms with E-state index in [1.165, 1.54) is 11.1 Å². The van der Waals surface area contributed by atoms with Gasteiger partial charge in [0, 0.05) is 12.1 Å². The number of carbonyl (C=O) groups excluding carboxylic acids is 1. The number of fused-ring (bicyclic) bond motifs is 4. The molecule has 1 aliphatic heterocycles. The van der Waals surface area contributed by atoms with Crippen molar-refractivity contribution in [2.45, 2.75) is 32.7 Å². The first-order chi connectivity index (χ1) is 17.1. The van der Waals surface area contributed by atoms with Gasteiger partial charge in [-0.1, -0.05) is 6.92 Å². The van der Waals surface area contributed by atoms with Gasteiger partial charge in [0.05, 0.1) is 36.1 Å². The van der Waals surface area contributed by atoms with Crippen LogP contribution < -0.4 is 15.2 Å². The molecule has 0 spiro atoms. The van der Waals surface area contributed by atoms with E-state index in [9.17, 15) is 18.0 Å². The number of imidazole rings is 1. The summed E-state index contributed by atoms with van der Waals surface area (Å²) in [6.45, 7) is 3.50.